The van der Waals surface area contributed by atoms with Crippen molar-refractivity contribution in [1.29, 1.82) is 0 Å². The van der Waals surface area contributed by atoms with Gasteiger partial charge in [-0.25, -0.2) is 0 Å². The zero-order valence-corrected chi connectivity index (χ0v) is 11.1. The number of fused-ring (bicyclic) bond motifs is 1. The third kappa shape index (κ3) is 1.89. The van der Waals surface area contributed by atoms with E-state index >= 15 is 0 Å². The maximum Gasteiger partial charge on any atom is 0.263 e. The van der Waals surface area contributed by atoms with Crippen molar-refractivity contribution in [3.63, 3.8) is 0 Å². The molecule has 3 heterocycles. The van der Waals surface area contributed by atoms with E-state index in [0.717, 1.165) is 11.3 Å². The first-order chi connectivity index (χ1) is 8.65. The molecule has 1 fully saturated rings. The Morgan fingerprint density at radius 1 is 1.50 bits per heavy atom. The van der Waals surface area contributed by atoms with Crippen molar-refractivity contribution < 1.29 is 4.79 Å². The topological polar surface area (TPSA) is 66.9 Å². The standard InChI is InChI=1S/C11H11N3O2S2/c15-8-2-1-6(12-8)5-14-10(16)7-3-4-18-9(7)13-11(14)17/h3-4,6H,1-2,5H2,(H,12,15)(H,13,17). The van der Waals surface area contributed by atoms with E-state index in [0.29, 0.717) is 23.1 Å². The minimum atomic E-state index is -0.0869. The van der Waals surface area contributed by atoms with Gasteiger partial charge in [0, 0.05) is 19.0 Å². The number of rotatable bonds is 2. The second-order valence-corrected chi connectivity index (χ2v) is 5.62. The highest BCUT2D eigenvalue weighted by Gasteiger charge is 2.22. The molecule has 0 saturated carbocycles. The highest BCUT2D eigenvalue weighted by molar-refractivity contribution is 7.71. The molecule has 5 nitrogen and oxygen atoms in total. The van der Waals surface area contributed by atoms with Gasteiger partial charge in [-0.05, 0) is 30.1 Å². The molecule has 0 bridgehead atoms. The summed E-state index contributed by atoms with van der Waals surface area (Å²) in [6, 6.07) is 1.79. The molecule has 18 heavy (non-hydrogen) atoms. The molecule has 2 aromatic heterocycles. The van der Waals surface area contributed by atoms with Gasteiger partial charge in [0.15, 0.2) is 4.77 Å². The van der Waals surface area contributed by atoms with E-state index in [-0.39, 0.29) is 17.5 Å². The van der Waals surface area contributed by atoms with Gasteiger partial charge in [0.25, 0.3) is 5.56 Å². The van der Waals surface area contributed by atoms with Gasteiger partial charge in [-0.15, -0.1) is 11.3 Å². The minimum Gasteiger partial charge on any atom is -0.352 e. The van der Waals surface area contributed by atoms with Crippen LogP contribution in [0.4, 0.5) is 0 Å². The first-order valence-corrected chi connectivity index (χ1v) is 6.93. The van der Waals surface area contributed by atoms with E-state index in [9.17, 15) is 9.59 Å². The fourth-order valence-corrected chi connectivity index (χ4v) is 3.28. The van der Waals surface area contributed by atoms with Crippen LogP contribution < -0.4 is 10.9 Å². The third-order valence-electron chi connectivity index (χ3n) is 3.09. The maximum absolute atomic E-state index is 12.2. The third-order valence-corrected chi connectivity index (χ3v) is 4.25. The van der Waals surface area contributed by atoms with E-state index in [1.165, 1.54) is 15.9 Å². The molecule has 94 valence electrons. The summed E-state index contributed by atoms with van der Waals surface area (Å²) in [5.41, 5.74) is -0.0869. The summed E-state index contributed by atoms with van der Waals surface area (Å²) in [5.74, 6) is 0.0413. The Balaban J connectivity index is 2.03. The Kier molecular flexibility index (Phi) is 2.79. The molecule has 0 spiro atoms. The predicted octanol–water partition coefficient (Wildman–Crippen LogP) is 1.40. The predicted molar refractivity (Wildman–Crippen MR) is 72.4 cm³/mol. The van der Waals surface area contributed by atoms with Crippen molar-refractivity contribution >= 4 is 39.7 Å². The van der Waals surface area contributed by atoms with E-state index in [1.807, 2.05) is 5.38 Å². The highest BCUT2D eigenvalue weighted by atomic mass is 32.1. The molecule has 1 aliphatic heterocycles. The number of nitrogens with one attached hydrogen (secondary N) is 2. The molecule has 1 saturated heterocycles. The number of thiophene rings is 1. The van der Waals surface area contributed by atoms with Gasteiger partial charge in [0.2, 0.25) is 5.91 Å². The van der Waals surface area contributed by atoms with Crippen LogP contribution in [0.15, 0.2) is 16.2 Å². The molecular formula is C11H11N3O2S2. The van der Waals surface area contributed by atoms with E-state index < -0.39 is 0 Å². The summed E-state index contributed by atoms with van der Waals surface area (Å²) >= 11 is 6.66. The van der Waals surface area contributed by atoms with Crippen LogP contribution in [-0.2, 0) is 11.3 Å². The number of carbonyl (C=O) groups is 1. The summed E-state index contributed by atoms with van der Waals surface area (Å²) in [5, 5.41) is 5.35. The first kappa shape index (κ1) is 11.6. The monoisotopic (exact) mass is 281 g/mol. The largest absolute Gasteiger partial charge is 0.352 e. The molecule has 1 atom stereocenters. The van der Waals surface area contributed by atoms with Gasteiger partial charge >= 0.3 is 0 Å². The van der Waals surface area contributed by atoms with Crippen molar-refractivity contribution in [3.8, 4) is 0 Å². The van der Waals surface area contributed by atoms with Gasteiger partial charge in [-0.1, -0.05) is 0 Å². The van der Waals surface area contributed by atoms with Crippen molar-refractivity contribution in [2.24, 2.45) is 0 Å². The van der Waals surface area contributed by atoms with Gasteiger partial charge < -0.3 is 10.3 Å². The Morgan fingerprint density at radius 2 is 2.33 bits per heavy atom. The minimum absolute atomic E-state index is 0.00128. The lowest BCUT2D eigenvalue weighted by Crippen LogP contribution is -2.34. The smallest absolute Gasteiger partial charge is 0.263 e. The SMILES string of the molecule is O=C1CCC(Cn2c(=S)[nH]c3sccc3c2=O)N1. The summed E-state index contributed by atoms with van der Waals surface area (Å²) in [6.45, 7) is 0.436. The van der Waals surface area contributed by atoms with Crippen molar-refractivity contribution in [2.45, 2.75) is 25.4 Å². The summed E-state index contributed by atoms with van der Waals surface area (Å²) in [7, 11) is 0. The van der Waals surface area contributed by atoms with E-state index in [1.54, 1.807) is 6.07 Å². The zero-order valence-electron chi connectivity index (χ0n) is 9.43. The Bertz CT molecular complexity index is 728. The van der Waals surface area contributed by atoms with Crippen LogP contribution in [0.2, 0.25) is 0 Å². The summed E-state index contributed by atoms with van der Waals surface area (Å²) < 4.78 is 1.94. The van der Waals surface area contributed by atoms with Crippen molar-refractivity contribution in [2.75, 3.05) is 0 Å². The lowest BCUT2D eigenvalue weighted by molar-refractivity contribution is -0.119. The fraction of sp³-hybridized carbons (Fsp3) is 0.364. The molecule has 2 aromatic rings. The lowest BCUT2D eigenvalue weighted by Gasteiger charge is -2.12. The van der Waals surface area contributed by atoms with Crippen LogP contribution in [0, 0.1) is 4.77 Å². The lowest BCUT2D eigenvalue weighted by atomic mass is 10.2. The van der Waals surface area contributed by atoms with Crippen LogP contribution in [-0.4, -0.2) is 21.5 Å². The van der Waals surface area contributed by atoms with Crippen LogP contribution in [0.3, 0.4) is 0 Å². The number of hydrogen-bond donors (Lipinski definition) is 2. The Hall–Kier alpha value is -1.47. The van der Waals surface area contributed by atoms with Gasteiger partial charge in [0.05, 0.1) is 5.39 Å². The first-order valence-electron chi connectivity index (χ1n) is 5.65. The number of hydrogen-bond acceptors (Lipinski definition) is 4. The Morgan fingerprint density at radius 3 is 3.06 bits per heavy atom. The van der Waals surface area contributed by atoms with Crippen LogP contribution in [0.5, 0.6) is 0 Å². The van der Waals surface area contributed by atoms with Crippen LogP contribution in [0.1, 0.15) is 12.8 Å². The van der Waals surface area contributed by atoms with Crippen molar-refractivity contribution in [1.82, 2.24) is 14.9 Å². The number of nitrogens with zero attached hydrogens (tertiary/aromatic N) is 1. The van der Waals surface area contributed by atoms with Gasteiger partial charge in [-0.2, -0.15) is 0 Å². The van der Waals surface area contributed by atoms with E-state index in [4.69, 9.17) is 12.2 Å². The fourth-order valence-electron chi connectivity index (χ4n) is 2.18. The molecule has 1 unspecified atom stereocenters. The molecule has 2 N–H and O–H groups in total. The Labute approximate surface area is 111 Å². The molecule has 1 amide bonds. The zero-order chi connectivity index (χ0) is 12.7. The second kappa shape index (κ2) is 4.33. The van der Waals surface area contributed by atoms with E-state index in [2.05, 4.69) is 10.3 Å². The molecular weight excluding hydrogens is 270 g/mol. The molecule has 3 rings (SSSR count). The number of amides is 1. The number of aromatic amines is 1. The highest BCUT2D eigenvalue weighted by Crippen LogP contribution is 2.15. The summed E-state index contributed by atoms with van der Waals surface area (Å²) in [6.07, 6.45) is 1.28. The molecule has 1 aliphatic rings. The molecule has 0 radical (unpaired) electrons. The molecule has 7 heteroatoms. The van der Waals surface area contributed by atoms with Gasteiger partial charge in [-0.3, -0.25) is 14.2 Å². The number of aromatic nitrogens is 2. The molecule has 0 aromatic carbocycles. The number of carbonyl (C=O) groups excluding carboxylic acids is 1. The van der Waals surface area contributed by atoms with Crippen molar-refractivity contribution in [3.05, 3.63) is 26.6 Å². The van der Waals surface area contributed by atoms with Gasteiger partial charge in [0.1, 0.15) is 4.83 Å². The number of H-pyrrole nitrogens is 1. The average molecular weight is 281 g/mol. The quantitative estimate of drug-likeness (QED) is 0.818. The van der Waals surface area contributed by atoms with Crippen LogP contribution in [0.25, 0.3) is 10.2 Å². The molecule has 0 aliphatic carbocycles. The average Bonchev–Trinajstić information content (AvgIpc) is 2.93. The normalized spacial score (nSPS) is 19.3. The van der Waals surface area contributed by atoms with Crippen LogP contribution >= 0.6 is 23.6 Å². The second-order valence-electron chi connectivity index (χ2n) is 4.31. The summed E-state index contributed by atoms with van der Waals surface area (Å²) in [4.78, 5) is 27.3. The maximum atomic E-state index is 12.2.